The zero-order chi connectivity index (χ0) is 16.8. The van der Waals surface area contributed by atoms with Crippen LogP contribution in [0.4, 0.5) is 10.5 Å². The molecule has 3 aromatic carbocycles. The molecule has 1 amide bonds. The highest BCUT2D eigenvalue weighted by Crippen LogP contribution is 2.22. The molecule has 0 radical (unpaired) electrons. The lowest BCUT2D eigenvalue weighted by atomic mass is 10.1. The van der Waals surface area contributed by atoms with Crippen molar-refractivity contribution in [3.8, 4) is 0 Å². The third-order valence-electron chi connectivity index (χ3n) is 3.39. The molecule has 0 atom stereocenters. The van der Waals surface area contributed by atoms with Crippen LogP contribution in [0.25, 0.3) is 10.8 Å². The highest BCUT2D eigenvalue weighted by Gasteiger charge is 2.07. The molecule has 0 spiro atoms. The highest BCUT2D eigenvalue weighted by molar-refractivity contribution is 6.35. The quantitative estimate of drug-likeness (QED) is 0.338. The van der Waals surface area contributed by atoms with Crippen LogP contribution in [-0.4, -0.2) is 18.1 Å². The predicted octanol–water partition coefficient (Wildman–Crippen LogP) is 4.26. The minimum atomic E-state index is -0.761. The third kappa shape index (κ3) is 3.64. The van der Waals surface area contributed by atoms with Crippen LogP contribution in [0.5, 0.6) is 0 Å². The number of fused-ring (bicyclic) bond motifs is 1. The first-order chi connectivity index (χ1) is 11.7. The fourth-order valence-corrected chi connectivity index (χ4v) is 2.27. The summed E-state index contributed by atoms with van der Waals surface area (Å²) in [5.74, 6) is -0.339. The molecule has 0 aliphatic heterocycles. The van der Waals surface area contributed by atoms with Gasteiger partial charge in [0.05, 0.1) is 5.69 Å². The van der Waals surface area contributed by atoms with Crippen molar-refractivity contribution in [2.45, 2.75) is 0 Å². The van der Waals surface area contributed by atoms with Crippen molar-refractivity contribution >= 4 is 34.6 Å². The van der Waals surface area contributed by atoms with Gasteiger partial charge in [-0.15, -0.1) is 0 Å². The average Bonchev–Trinajstić information content (AvgIpc) is 2.63. The van der Waals surface area contributed by atoms with Crippen LogP contribution >= 0.6 is 0 Å². The van der Waals surface area contributed by atoms with E-state index in [0.717, 1.165) is 17.0 Å². The Morgan fingerprint density at radius 2 is 1.58 bits per heavy atom. The SMILES string of the molecule is O=C(Nc1cccc2ccccc12)O/N=C\C(=O)c1ccccc1. The van der Waals surface area contributed by atoms with Gasteiger partial charge in [-0.2, -0.15) is 0 Å². The lowest BCUT2D eigenvalue weighted by Crippen LogP contribution is -2.12. The Morgan fingerprint density at radius 3 is 2.42 bits per heavy atom. The lowest BCUT2D eigenvalue weighted by Gasteiger charge is -2.06. The van der Waals surface area contributed by atoms with Gasteiger partial charge in [0.1, 0.15) is 6.21 Å². The van der Waals surface area contributed by atoms with Crippen LogP contribution in [0.3, 0.4) is 0 Å². The van der Waals surface area contributed by atoms with Crippen molar-refractivity contribution in [2.24, 2.45) is 5.16 Å². The van der Waals surface area contributed by atoms with Crippen molar-refractivity contribution in [3.63, 3.8) is 0 Å². The van der Waals surface area contributed by atoms with Gasteiger partial charge in [0.25, 0.3) is 0 Å². The van der Waals surface area contributed by atoms with Crippen LogP contribution in [0.15, 0.2) is 78.0 Å². The predicted molar refractivity (Wildman–Crippen MR) is 93.3 cm³/mol. The third-order valence-corrected chi connectivity index (χ3v) is 3.39. The van der Waals surface area contributed by atoms with Crippen LogP contribution in [0.2, 0.25) is 0 Å². The van der Waals surface area contributed by atoms with E-state index < -0.39 is 6.09 Å². The molecule has 1 N–H and O–H groups in total. The number of oxime groups is 1. The average molecular weight is 318 g/mol. The minimum Gasteiger partial charge on any atom is -0.298 e. The summed E-state index contributed by atoms with van der Waals surface area (Å²) in [7, 11) is 0. The van der Waals surface area contributed by atoms with Crippen LogP contribution < -0.4 is 5.32 Å². The zero-order valence-electron chi connectivity index (χ0n) is 12.7. The van der Waals surface area contributed by atoms with E-state index >= 15 is 0 Å². The Bertz CT molecular complexity index is 899. The molecule has 24 heavy (non-hydrogen) atoms. The molecule has 0 fully saturated rings. The highest BCUT2D eigenvalue weighted by atomic mass is 16.7. The number of anilines is 1. The van der Waals surface area contributed by atoms with E-state index in [1.165, 1.54) is 0 Å². The molecule has 0 aliphatic carbocycles. The first-order valence-electron chi connectivity index (χ1n) is 7.32. The Kier molecular flexibility index (Phi) is 4.62. The van der Waals surface area contributed by atoms with Gasteiger partial charge in [-0.05, 0) is 11.5 Å². The minimum absolute atomic E-state index is 0.339. The van der Waals surface area contributed by atoms with E-state index in [0.29, 0.717) is 11.3 Å². The molecule has 0 aromatic heterocycles. The zero-order valence-corrected chi connectivity index (χ0v) is 12.7. The van der Waals surface area contributed by atoms with Gasteiger partial charge in [-0.25, -0.2) is 4.79 Å². The number of Topliss-reactive ketones (excluding diaryl/α,β-unsaturated/α-hetero) is 1. The first kappa shape index (κ1) is 15.4. The Labute approximate surface area is 138 Å². The van der Waals surface area contributed by atoms with Gasteiger partial charge in [0.2, 0.25) is 5.78 Å². The van der Waals surface area contributed by atoms with E-state index in [-0.39, 0.29) is 5.78 Å². The smallest absolute Gasteiger partial charge is 0.298 e. The van der Waals surface area contributed by atoms with Gasteiger partial charge in [-0.1, -0.05) is 71.9 Å². The molecule has 5 nitrogen and oxygen atoms in total. The fourth-order valence-electron chi connectivity index (χ4n) is 2.27. The number of hydrogen-bond donors (Lipinski definition) is 1. The number of hydrogen-bond acceptors (Lipinski definition) is 4. The second kappa shape index (κ2) is 7.19. The molecule has 3 rings (SSSR count). The monoisotopic (exact) mass is 318 g/mol. The molecule has 0 bridgehead atoms. The summed E-state index contributed by atoms with van der Waals surface area (Å²) in [4.78, 5) is 28.3. The number of benzene rings is 3. The molecule has 0 heterocycles. The van der Waals surface area contributed by atoms with E-state index in [9.17, 15) is 9.59 Å². The molecule has 0 unspecified atom stereocenters. The summed E-state index contributed by atoms with van der Waals surface area (Å²) in [6, 6.07) is 21.8. The molecule has 5 heteroatoms. The summed E-state index contributed by atoms with van der Waals surface area (Å²) in [6.45, 7) is 0. The van der Waals surface area contributed by atoms with Crippen LogP contribution in [0.1, 0.15) is 10.4 Å². The summed E-state index contributed by atoms with van der Waals surface area (Å²) < 4.78 is 0. The van der Waals surface area contributed by atoms with E-state index in [2.05, 4.69) is 15.3 Å². The molecule has 0 saturated heterocycles. The maximum absolute atomic E-state index is 11.8. The number of nitrogens with one attached hydrogen (secondary N) is 1. The molecular formula is C19H14N2O3. The fraction of sp³-hybridized carbons (Fsp3) is 0. The summed E-state index contributed by atoms with van der Waals surface area (Å²) in [5, 5.41) is 7.94. The van der Waals surface area contributed by atoms with E-state index in [4.69, 9.17) is 0 Å². The summed E-state index contributed by atoms with van der Waals surface area (Å²) >= 11 is 0. The van der Waals surface area contributed by atoms with E-state index in [1.54, 1.807) is 30.3 Å². The molecule has 0 saturated carbocycles. The van der Waals surface area contributed by atoms with Gasteiger partial charge in [0.15, 0.2) is 0 Å². The number of carbonyl (C=O) groups is 2. The molecule has 118 valence electrons. The Hall–Kier alpha value is -3.47. The number of amides is 1. The standard InChI is InChI=1S/C19H14N2O3/c22-18(15-8-2-1-3-9-15)13-20-24-19(23)21-17-12-6-10-14-7-4-5-11-16(14)17/h1-13H,(H,21,23)/b20-13-. The molecular weight excluding hydrogens is 304 g/mol. The van der Waals surface area contributed by atoms with Crippen molar-refractivity contribution in [1.82, 2.24) is 0 Å². The number of rotatable bonds is 4. The van der Waals surface area contributed by atoms with Crippen molar-refractivity contribution in [3.05, 3.63) is 78.4 Å². The summed E-state index contributed by atoms with van der Waals surface area (Å²) in [5.41, 5.74) is 1.09. The molecule has 3 aromatic rings. The second-order valence-electron chi connectivity index (χ2n) is 5.00. The lowest BCUT2D eigenvalue weighted by molar-refractivity contribution is 0.106. The maximum Gasteiger partial charge on any atom is 0.437 e. The Balaban J connectivity index is 1.63. The van der Waals surface area contributed by atoms with Crippen molar-refractivity contribution < 1.29 is 14.4 Å². The van der Waals surface area contributed by atoms with Gasteiger partial charge in [0, 0.05) is 10.9 Å². The maximum atomic E-state index is 11.8. The normalized spacial score (nSPS) is 10.7. The topological polar surface area (TPSA) is 67.8 Å². The van der Waals surface area contributed by atoms with Crippen molar-refractivity contribution in [1.29, 1.82) is 0 Å². The number of carbonyl (C=O) groups excluding carboxylic acids is 2. The van der Waals surface area contributed by atoms with Gasteiger partial charge in [-0.3, -0.25) is 14.9 Å². The largest absolute Gasteiger partial charge is 0.437 e. The van der Waals surface area contributed by atoms with Crippen LogP contribution in [-0.2, 0) is 4.84 Å². The van der Waals surface area contributed by atoms with Gasteiger partial charge < -0.3 is 0 Å². The van der Waals surface area contributed by atoms with E-state index in [1.807, 2.05) is 42.5 Å². The van der Waals surface area contributed by atoms with Crippen LogP contribution in [0, 0.1) is 0 Å². The Morgan fingerprint density at radius 1 is 0.875 bits per heavy atom. The summed E-state index contributed by atoms with van der Waals surface area (Å²) in [6.07, 6.45) is 0.210. The van der Waals surface area contributed by atoms with Gasteiger partial charge >= 0.3 is 6.09 Å². The second-order valence-corrected chi connectivity index (χ2v) is 5.00. The number of nitrogens with zero attached hydrogens (tertiary/aromatic N) is 1. The number of ketones is 1. The first-order valence-corrected chi connectivity index (χ1v) is 7.32. The van der Waals surface area contributed by atoms with Crippen molar-refractivity contribution in [2.75, 3.05) is 5.32 Å². The molecule has 0 aliphatic rings.